The Labute approximate surface area is 101 Å². The van der Waals surface area contributed by atoms with Crippen LogP contribution in [0.5, 0.6) is 0 Å². The van der Waals surface area contributed by atoms with Gasteiger partial charge in [-0.05, 0) is 26.3 Å². The van der Waals surface area contributed by atoms with Gasteiger partial charge in [0.25, 0.3) is 0 Å². The van der Waals surface area contributed by atoms with Crippen LogP contribution < -0.4 is 0 Å². The summed E-state index contributed by atoms with van der Waals surface area (Å²) in [4.78, 5) is 18.1. The average Bonchev–Trinajstić information content (AvgIpc) is 2.97. The van der Waals surface area contributed by atoms with Crippen molar-refractivity contribution in [2.24, 2.45) is 0 Å². The number of carbonyl (C=O) groups is 1. The smallest absolute Gasteiger partial charge is 0.323 e. The molecule has 1 saturated heterocycles. The van der Waals surface area contributed by atoms with E-state index in [2.05, 4.69) is 21.4 Å². The van der Waals surface area contributed by atoms with E-state index in [-0.39, 0.29) is 12.0 Å². The number of hydrogen-bond acceptors (Lipinski definition) is 4. The predicted molar refractivity (Wildman–Crippen MR) is 63.3 cm³/mol. The highest BCUT2D eigenvalue weighted by Gasteiger charge is 2.31. The van der Waals surface area contributed by atoms with Crippen molar-refractivity contribution in [2.45, 2.75) is 38.9 Å². The highest BCUT2D eigenvalue weighted by molar-refractivity contribution is 5.75. The summed E-state index contributed by atoms with van der Waals surface area (Å²) in [5.41, 5.74) is 0. The Morgan fingerprint density at radius 1 is 1.65 bits per heavy atom. The van der Waals surface area contributed by atoms with Crippen molar-refractivity contribution in [3.8, 4) is 0 Å². The summed E-state index contributed by atoms with van der Waals surface area (Å²) in [5, 5.41) is 0. The second-order valence-corrected chi connectivity index (χ2v) is 4.28. The number of methoxy groups -OCH3 is 1. The molecule has 17 heavy (non-hydrogen) atoms. The second-order valence-electron chi connectivity index (χ2n) is 4.28. The Morgan fingerprint density at radius 3 is 3.18 bits per heavy atom. The fraction of sp³-hybridized carbons (Fsp3) is 0.667. The molecule has 1 unspecified atom stereocenters. The van der Waals surface area contributed by atoms with E-state index in [1.54, 1.807) is 0 Å². The zero-order valence-electron chi connectivity index (χ0n) is 10.4. The van der Waals surface area contributed by atoms with Crippen molar-refractivity contribution >= 4 is 5.97 Å². The van der Waals surface area contributed by atoms with Gasteiger partial charge in [-0.1, -0.05) is 0 Å². The fourth-order valence-corrected chi connectivity index (χ4v) is 2.38. The van der Waals surface area contributed by atoms with E-state index in [0.717, 1.165) is 38.3 Å². The molecule has 1 fully saturated rings. The van der Waals surface area contributed by atoms with Gasteiger partial charge >= 0.3 is 5.97 Å². The first-order valence-electron chi connectivity index (χ1n) is 6.08. The molecule has 0 radical (unpaired) electrons. The topological polar surface area (TPSA) is 47.4 Å². The number of hydrogen-bond donors (Lipinski definition) is 0. The second kappa shape index (κ2) is 5.31. The first-order valence-corrected chi connectivity index (χ1v) is 6.08. The van der Waals surface area contributed by atoms with Crippen LogP contribution in [-0.4, -0.2) is 40.1 Å². The highest BCUT2D eigenvalue weighted by Crippen LogP contribution is 2.20. The number of carbonyl (C=O) groups excluding carboxylic acids is 1. The third-order valence-corrected chi connectivity index (χ3v) is 3.32. The molecule has 1 aromatic heterocycles. The van der Waals surface area contributed by atoms with Crippen LogP contribution in [-0.2, 0) is 22.6 Å². The lowest BCUT2D eigenvalue weighted by atomic mass is 10.2. The van der Waals surface area contributed by atoms with Gasteiger partial charge in [-0.3, -0.25) is 9.69 Å². The Bertz CT molecular complexity index is 389. The van der Waals surface area contributed by atoms with E-state index < -0.39 is 0 Å². The number of nitrogens with zero attached hydrogens (tertiary/aromatic N) is 3. The van der Waals surface area contributed by atoms with E-state index in [0.29, 0.717) is 0 Å². The predicted octanol–water partition coefficient (Wildman–Crippen LogP) is 1.04. The van der Waals surface area contributed by atoms with Crippen molar-refractivity contribution in [1.82, 2.24) is 14.5 Å². The van der Waals surface area contributed by atoms with Crippen molar-refractivity contribution in [3.05, 3.63) is 18.2 Å². The molecule has 0 amide bonds. The van der Waals surface area contributed by atoms with E-state index in [9.17, 15) is 4.79 Å². The minimum Gasteiger partial charge on any atom is -0.468 e. The van der Waals surface area contributed by atoms with E-state index in [1.165, 1.54) is 7.11 Å². The van der Waals surface area contributed by atoms with Crippen LogP contribution in [0.2, 0.25) is 0 Å². The summed E-state index contributed by atoms with van der Waals surface area (Å²) < 4.78 is 6.94. The molecule has 0 spiro atoms. The molecule has 5 nitrogen and oxygen atoms in total. The fourth-order valence-electron chi connectivity index (χ4n) is 2.38. The first kappa shape index (κ1) is 12.1. The minimum atomic E-state index is -0.128. The zero-order valence-corrected chi connectivity index (χ0v) is 10.4. The molecule has 2 heterocycles. The third-order valence-electron chi connectivity index (χ3n) is 3.32. The van der Waals surface area contributed by atoms with E-state index >= 15 is 0 Å². The van der Waals surface area contributed by atoms with Crippen LogP contribution in [0.1, 0.15) is 25.6 Å². The standard InChI is InChI=1S/C12H19N3O2/c1-3-14-8-6-13-11(14)9-15-7-4-5-10(15)12(16)17-2/h6,8,10H,3-5,7,9H2,1-2H3. The Morgan fingerprint density at radius 2 is 2.47 bits per heavy atom. The van der Waals surface area contributed by atoms with Gasteiger partial charge in [-0.15, -0.1) is 0 Å². The van der Waals surface area contributed by atoms with Crippen LogP contribution in [0.25, 0.3) is 0 Å². The van der Waals surface area contributed by atoms with Gasteiger partial charge in [-0.2, -0.15) is 0 Å². The molecule has 0 aromatic carbocycles. The number of ether oxygens (including phenoxy) is 1. The lowest BCUT2D eigenvalue weighted by molar-refractivity contribution is -0.146. The lowest BCUT2D eigenvalue weighted by Gasteiger charge is -2.22. The molecule has 0 saturated carbocycles. The van der Waals surface area contributed by atoms with Crippen LogP contribution in [0, 0.1) is 0 Å². The monoisotopic (exact) mass is 237 g/mol. The normalized spacial score (nSPS) is 20.7. The lowest BCUT2D eigenvalue weighted by Crippen LogP contribution is -2.37. The number of aryl methyl sites for hydroxylation is 1. The minimum absolute atomic E-state index is 0.0954. The maximum absolute atomic E-state index is 11.6. The Hall–Kier alpha value is -1.36. The molecule has 1 aromatic rings. The largest absolute Gasteiger partial charge is 0.468 e. The van der Waals surface area contributed by atoms with Crippen molar-refractivity contribution < 1.29 is 9.53 Å². The van der Waals surface area contributed by atoms with Gasteiger partial charge in [0.2, 0.25) is 0 Å². The first-order chi connectivity index (χ1) is 8.26. The maximum atomic E-state index is 11.6. The zero-order chi connectivity index (χ0) is 12.3. The van der Waals surface area contributed by atoms with Crippen molar-refractivity contribution in [3.63, 3.8) is 0 Å². The number of aromatic nitrogens is 2. The molecule has 0 aliphatic carbocycles. The molecule has 1 aliphatic heterocycles. The molecule has 0 N–H and O–H groups in total. The van der Waals surface area contributed by atoms with Crippen LogP contribution in [0.3, 0.4) is 0 Å². The SMILES string of the molecule is CCn1ccnc1CN1CCCC1C(=O)OC. The summed E-state index contributed by atoms with van der Waals surface area (Å²) in [7, 11) is 1.45. The summed E-state index contributed by atoms with van der Waals surface area (Å²) in [6, 6.07) is -0.0954. The number of imidazole rings is 1. The summed E-state index contributed by atoms with van der Waals surface area (Å²) in [5.74, 6) is 0.889. The molecule has 5 heteroatoms. The van der Waals surface area contributed by atoms with Crippen LogP contribution in [0.4, 0.5) is 0 Å². The van der Waals surface area contributed by atoms with E-state index in [4.69, 9.17) is 4.74 Å². The Kier molecular flexibility index (Phi) is 3.78. The maximum Gasteiger partial charge on any atom is 0.323 e. The molecule has 1 aliphatic rings. The number of esters is 1. The third kappa shape index (κ3) is 2.49. The molecular weight excluding hydrogens is 218 g/mol. The summed E-state index contributed by atoms with van der Waals surface area (Å²) >= 11 is 0. The van der Waals surface area contributed by atoms with E-state index in [1.807, 2.05) is 12.4 Å². The molecule has 0 bridgehead atoms. The highest BCUT2D eigenvalue weighted by atomic mass is 16.5. The van der Waals surface area contributed by atoms with Crippen molar-refractivity contribution in [1.29, 1.82) is 0 Å². The Balaban J connectivity index is 2.05. The molecule has 2 rings (SSSR count). The summed E-state index contributed by atoms with van der Waals surface area (Å²) in [6.07, 6.45) is 5.71. The molecular formula is C12H19N3O2. The quantitative estimate of drug-likeness (QED) is 0.734. The number of rotatable bonds is 4. The van der Waals surface area contributed by atoms with Gasteiger partial charge in [0, 0.05) is 18.9 Å². The van der Waals surface area contributed by atoms with Crippen LogP contribution >= 0.6 is 0 Å². The van der Waals surface area contributed by atoms with Gasteiger partial charge in [0.1, 0.15) is 11.9 Å². The van der Waals surface area contributed by atoms with Crippen molar-refractivity contribution in [2.75, 3.05) is 13.7 Å². The van der Waals surface area contributed by atoms with Gasteiger partial charge < -0.3 is 9.30 Å². The van der Waals surface area contributed by atoms with Gasteiger partial charge in [-0.25, -0.2) is 4.98 Å². The summed E-state index contributed by atoms with van der Waals surface area (Å²) in [6.45, 7) is 4.66. The van der Waals surface area contributed by atoms with Gasteiger partial charge in [0.15, 0.2) is 0 Å². The van der Waals surface area contributed by atoms with Gasteiger partial charge in [0.05, 0.1) is 13.7 Å². The number of likely N-dealkylation sites (tertiary alicyclic amines) is 1. The molecule has 94 valence electrons. The molecule has 1 atom stereocenters. The van der Waals surface area contributed by atoms with Crippen LogP contribution in [0.15, 0.2) is 12.4 Å². The average molecular weight is 237 g/mol.